The van der Waals surface area contributed by atoms with Gasteiger partial charge < -0.3 is 24.8 Å². The smallest absolute Gasteiger partial charge is 0.245 e. The first-order chi connectivity index (χ1) is 15.2. The fourth-order valence-electron chi connectivity index (χ4n) is 4.86. The van der Waals surface area contributed by atoms with Gasteiger partial charge in [0.2, 0.25) is 17.7 Å². The Morgan fingerprint density at radius 1 is 1.06 bits per heavy atom. The minimum Gasteiger partial charge on any atom is -0.379 e. The average Bonchev–Trinajstić information content (AvgIpc) is 3.19. The van der Waals surface area contributed by atoms with Crippen molar-refractivity contribution in [3.8, 4) is 0 Å². The number of hydrogen-bond donors (Lipinski definition) is 1. The van der Waals surface area contributed by atoms with Gasteiger partial charge in [0.15, 0.2) is 0 Å². The first kappa shape index (κ1) is 24.9. The van der Waals surface area contributed by atoms with E-state index in [1.807, 2.05) is 9.80 Å². The Hall–Kier alpha value is -1.71. The van der Waals surface area contributed by atoms with E-state index >= 15 is 0 Å². The van der Waals surface area contributed by atoms with Crippen LogP contribution in [0.4, 0.5) is 0 Å². The van der Waals surface area contributed by atoms with Crippen LogP contribution in [-0.2, 0) is 19.1 Å². The third-order valence-corrected chi connectivity index (χ3v) is 6.60. The summed E-state index contributed by atoms with van der Waals surface area (Å²) in [5.41, 5.74) is -0.122. The van der Waals surface area contributed by atoms with Gasteiger partial charge in [-0.05, 0) is 11.8 Å². The molecule has 3 heterocycles. The van der Waals surface area contributed by atoms with Gasteiger partial charge >= 0.3 is 0 Å². The Bertz CT molecular complexity index is 668. The highest BCUT2D eigenvalue weighted by Crippen LogP contribution is 2.27. The van der Waals surface area contributed by atoms with E-state index < -0.39 is 6.04 Å². The van der Waals surface area contributed by atoms with Gasteiger partial charge in [-0.3, -0.25) is 19.3 Å². The Labute approximate surface area is 192 Å². The predicted octanol–water partition coefficient (Wildman–Crippen LogP) is 0.00460. The number of nitrogens with one attached hydrogen (secondary N) is 1. The summed E-state index contributed by atoms with van der Waals surface area (Å²) in [5, 5.41) is 3.26. The van der Waals surface area contributed by atoms with Crippen LogP contribution in [0.2, 0.25) is 0 Å². The van der Waals surface area contributed by atoms with Crippen molar-refractivity contribution < 1.29 is 19.1 Å². The zero-order valence-electron chi connectivity index (χ0n) is 20.3. The maximum atomic E-state index is 13.3. The van der Waals surface area contributed by atoms with Crippen LogP contribution in [0.3, 0.4) is 0 Å². The summed E-state index contributed by atoms with van der Waals surface area (Å²) in [6, 6.07) is -0.615. The molecule has 9 nitrogen and oxygen atoms in total. The maximum Gasteiger partial charge on any atom is 0.245 e. The van der Waals surface area contributed by atoms with E-state index in [9.17, 15) is 14.4 Å². The highest BCUT2D eigenvalue weighted by molar-refractivity contribution is 5.88. The Morgan fingerprint density at radius 2 is 1.72 bits per heavy atom. The standard InChI is InChI=1S/C23H41N5O4/c1-18(29)28-17-19(15-20(28)22(31)26-7-5-24-6-8-26)27(21(30)16-23(2,3)4)10-9-25-11-13-32-14-12-25/h19-20,24H,5-17H2,1-4H3. The largest absolute Gasteiger partial charge is 0.379 e. The number of morpholine rings is 1. The summed E-state index contributed by atoms with van der Waals surface area (Å²) >= 11 is 0. The molecule has 182 valence electrons. The molecular formula is C23H41N5O4. The maximum absolute atomic E-state index is 13.3. The summed E-state index contributed by atoms with van der Waals surface area (Å²) in [6.45, 7) is 15.6. The van der Waals surface area contributed by atoms with E-state index in [1.165, 1.54) is 6.92 Å². The first-order valence-electron chi connectivity index (χ1n) is 12.0. The van der Waals surface area contributed by atoms with Crippen LogP contribution in [0.1, 0.15) is 40.5 Å². The van der Waals surface area contributed by atoms with Gasteiger partial charge in [-0.15, -0.1) is 0 Å². The van der Waals surface area contributed by atoms with Gasteiger partial charge in [-0.2, -0.15) is 0 Å². The molecule has 3 aliphatic heterocycles. The second kappa shape index (κ2) is 10.9. The Morgan fingerprint density at radius 3 is 2.31 bits per heavy atom. The lowest BCUT2D eigenvalue weighted by atomic mass is 9.91. The van der Waals surface area contributed by atoms with Gasteiger partial charge in [0.1, 0.15) is 6.04 Å². The van der Waals surface area contributed by atoms with Crippen LogP contribution in [0, 0.1) is 5.41 Å². The number of likely N-dealkylation sites (tertiary alicyclic amines) is 1. The van der Waals surface area contributed by atoms with E-state index in [0.717, 1.165) is 45.9 Å². The van der Waals surface area contributed by atoms with Crippen LogP contribution < -0.4 is 5.32 Å². The number of carbonyl (C=O) groups is 3. The molecule has 3 rings (SSSR count). The minimum absolute atomic E-state index is 0.0144. The van der Waals surface area contributed by atoms with Crippen LogP contribution in [0.5, 0.6) is 0 Å². The fraction of sp³-hybridized carbons (Fsp3) is 0.870. The highest BCUT2D eigenvalue weighted by atomic mass is 16.5. The zero-order chi connectivity index (χ0) is 23.3. The molecule has 2 atom stereocenters. The third kappa shape index (κ3) is 6.65. The molecule has 0 spiro atoms. The summed E-state index contributed by atoms with van der Waals surface area (Å²) < 4.78 is 5.45. The van der Waals surface area contributed by atoms with Crippen molar-refractivity contribution in [2.24, 2.45) is 5.41 Å². The minimum atomic E-state index is -0.482. The molecule has 3 fully saturated rings. The molecule has 32 heavy (non-hydrogen) atoms. The second-order valence-electron chi connectivity index (χ2n) is 10.4. The van der Waals surface area contributed by atoms with Crippen molar-refractivity contribution in [3.05, 3.63) is 0 Å². The molecule has 3 saturated heterocycles. The Balaban J connectivity index is 1.73. The SMILES string of the molecule is CC(=O)N1CC(N(CCN2CCOCC2)C(=O)CC(C)(C)C)CC1C(=O)N1CCNCC1. The molecule has 0 aromatic heterocycles. The number of piperazine rings is 1. The quantitative estimate of drug-likeness (QED) is 0.612. The van der Waals surface area contributed by atoms with E-state index in [4.69, 9.17) is 4.74 Å². The molecule has 3 amide bonds. The zero-order valence-corrected chi connectivity index (χ0v) is 20.3. The van der Waals surface area contributed by atoms with Gasteiger partial charge in [-0.25, -0.2) is 0 Å². The summed E-state index contributed by atoms with van der Waals surface area (Å²) in [7, 11) is 0. The van der Waals surface area contributed by atoms with E-state index in [1.54, 1.807) is 4.90 Å². The van der Waals surface area contributed by atoms with Gasteiger partial charge in [0, 0.05) is 72.2 Å². The monoisotopic (exact) mass is 451 g/mol. The van der Waals surface area contributed by atoms with Gasteiger partial charge in [0.05, 0.1) is 19.3 Å². The van der Waals surface area contributed by atoms with Crippen molar-refractivity contribution >= 4 is 17.7 Å². The normalized spacial score (nSPS) is 25.1. The summed E-state index contributed by atoms with van der Waals surface area (Å²) in [6.07, 6.45) is 0.963. The highest BCUT2D eigenvalue weighted by Gasteiger charge is 2.43. The van der Waals surface area contributed by atoms with Crippen molar-refractivity contribution in [1.29, 1.82) is 0 Å². The van der Waals surface area contributed by atoms with E-state index in [-0.39, 0.29) is 29.2 Å². The molecule has 3 aliphatic rings. The predicted molar refractivity (Wildman–Crippen MR) is 122 cm³/mol. The van der Waals surface area contributed by atoms with Crippen LogP contribution in [0.25, 0.3) is 0 Å². The fourth-order valence-corrected chi connectivity index (χ4v) is 4.86. The number of rotatable bonds is 6. The van der Waals surface area contributed by atoms with E-state index in [2.05, 4.69) is 31.0 Å². The van der Waals surface area contributed by atoms with Crippen LogP contribution >= 0.6 is 0 Å². The molecule has 0 aliphatic carbocycles. The molecule has 9 heteroatoms. The number of amides is 3. The number of nitrogens with zero attached hydrogens (tertiary/aromatic N) is 4. The van der Waals surface area contributed by atoms with Gasteiger partial charge in [0.25, 0.3) is 0 Å². The van der Waals surface area contributed by atoms with Crippen molar-refractivity contribution in [2.45, 2.75) is 52.6 Å². The molecule has 2 unspecified atom stereocenters. The summed E-state index contributed by atoms with van der Waals surface area (Å²) in [4.78, 5) is 46.9. The third-order valence-electron chi connectivity index (χ3n) is 6.60. The number of ether oxygens (including phenoxy) is 1. The average molecular weight is 452 g/mol. The molecule has 0 radical (unpaired) electrons. The van der Waals surface area contributed by atoms with Crippen molar-refractivity contribution in [1.82, 2.24) is 24.9 Å². The van der Waals surface area contributed by atoms with Crippen LogP contribution in [-0.4, -0.2) is 122 Å². The summed E-state index contributed by atoms with van der Waals surface area (Å²) in [5.74, 6) is 0.0208. The molecule has 0 saturated carbocycles. The van der Waals surface area contributed by atoms with E-state index in [0.29, 0.717) is 39.0 Å². The van der Waals surface area contributed by atoms with Crippen molar-refractivity contribution in [2.75, 3.05) is 72.1 Å². The second-order valence-corrected chi connectivity index (χ2v) is 10.4. The Kier molecular flexibility index (Phi) is 8.52. The lowest BCUT2D eigenvalue weighted by molar-refractivity contribution is -0.143. The topological polar surface area (TPSA) is 85.4 Å². The molecule has 0 aromatic carbocycles. The number of hydrogen-bond acceptors (Lipinski definition) is 6. The molecular weight excluding hydrogens is 410 g/mol. The molecule has 1 N–H and O–H groups in total. The van der Waals surface area contributed by atoms with Gasteiger partial charge in [-0.1, -0.05) is 20.8 Å². The molecule has 0 bridgehead atoms. The first-order valence-corrected chi connectivity index (χ1v) is 12.0. The van der Waals surface area contributed by atoms with Crippen molar-refractivity contribution in [3.63, 3.8) is 0 Å². The lowest BCUT2D eigenvalue weighted by Crippen LogP contribution is -2.53. The number of carbonyl (C=O) groups excluding carboxylic acids is 3. The lowest BCUT2D eigenvalue weighted by Gasteiger charge is -2.34. The molecule has 0 aromatic rings. The van der Waals surface area contributed by atoms with Crippen LogP contribution in [0.15, 0.2) is 0 Å².